The summed E-state index contributed by atoms with van der Waals surface area (Å²) in [5, 5.41) is 10.6. The first-order valence-corrected chi connectivity index (χ1v) is 7.16. The standard InChI is InChI=1S/C13H8BrCl3O2/c14-8-4-11(17)13(5-10(8)16)19-12-3-1-2-9(15)7(12)6-18/h1-5,18H,6H2. The van der Waals surface area contributed by atoms with E-state index in [0.29, 0.717) is 36.6 Å². The van der Waals surface area contributed by atoms with Crippen LogP contribution in [0.3, 0.4) is 0 Å². The van der Waals surface area contributed by atoms with Crippen molar-refractivity contribution in [3.8, 4) is 11.5 Å². The van der Waals surface area contributed by atoms with Gasteiger partial charge in [0.2, 0.25) is 0 Å². The number of benzene rings is 2. The molecule has 0 aromatic heterocycles. The van der Waals surface area contributed by atoms with E-state index >= 15 is 0 Å². The molecule has 0 aliphatic heterocycles. The van der Waals surface area contributed by atoms with Crippen LogP contribution in [0.4, 0.5) is 0 Å². The molecule has 100 valence electrons. The minimum absolute atomic E-state index is 0.225. The summed E-state index contributed by atoms with van der Waals surface area (Å²) in [5.74, 6) is 0.835. The van der Waals surface area contributed by atoms with Crippen LogP contribution in [-0.4, -0.2) is 5.11 Å². The Morgan fingerprint density at radius 2 is 1.74 bits per heavy atom. The molecule has 0 unspecified atom stereocenters. The van der Waals surface area contributed by atoms with Gasteiger partial charge in [-0.1, -0.05) is 40.9 Å². The smallest absolute Gasteiger partial charge is 0.147 e. The Balaban J connectivity index is 2.42. The van der Waals surface area contributed by atoms with Crippen LogP contribution in [0.1, 0.15) is 5.56 Å². The van der Waals surface area contributed by atoms with E-state index in [9.17, 15) is 5.11 Å². The predicted molar refractivity (Wildman–Crippen MR) is 81.6 cm³/mol. The molecule has 0 saturated carbocycles. The lowest BCUT2D eigenvalue weighted by Gasteiger charge is -2.12. The van der Waals surface area contributed by atoms with Gasteiger partial charge in [0.1, 0.15) is 11.5 Å². The molecular formula is C13H8BrCl3O2. The second kappa shape index (κ2) is 6.33. The van der Waals surface area contributed by atoms with E-state index in [1.54, 1.807) is 30.3 Å². The Morgan fingerprint density at radius 1 is 1.00 bits per heavy atom. The zero-order chi connectivity index (χ0) is 14.0. The van der Waals surface area contributed by atoms with E-state index in [1.807, 2.05) is 0 Å². The summed E-state index contributed by atoms with van der Waals surface area (Å²) in [6.07, 6.45) is 0. The number of aliphatic hydroxyl groups excluding tert-OH is 1. The maximum absolute atomic E-state index is 9.31. The summed E-state index contributed by atoms with van der Waals surface area (Å²) < 4.78 is 6.35. The van der Waals surface area contributed by atoms with Crippen LogP contribution in [0, 0.1) is 0 Å². The third kappa shape index (κ3) is 3.36. The zero-order valence-electron chi connectivity index (χ0n) is 9.46. The largest absolute Gasteiger partial charge is 0.455 e. The summed E-state index contributed by atoms with van der Waals surface area (Å²) in [7, 11) is 0. The Labute approximate surface area is 134 Å². The molecule has 0 atom stereocenters. The fourth-order valence-electron chi connectivity index (χ4n) is 1.49. The predicted octanol–water partition coefficient (Wildman–Crippen LogP) is 5.69. The summed E-state index contributed by atoms with van der Waals surface area (Å²) in [6.45, 7) is -0.225. The molecule has 6 heteroatoms. The fraction of sp³-hybridized carbons (Fsp3) is 0.0769. The van der Waals surface area contributed by atoms with Gasteiger partial charge in [0.15, 0.2) is 0 Å². The lowest BCUT2D eigenvalue weighted by atomic mass is 10.2. The summed E-state index contributed by atoms with van der Waals surface area (Å²) in [5.41, 5.74) is 0.499. The monoisotopic (exact) mass is 380 g/mol. The van der Waals surface area contributed by atoms with Crippen molar-refractivity contribution in [1.29, 1.82) is 0 Å². The van der Waals surface area contributed by atoms with Crippen molar-refractivity contribution in [2.45, 2.75) is 6.61 Å². The third-order valence-corrected chi connectivity index (χ3v) is 4.28. The summed E-state index contributed by atoms with van der Waals surface area (Å²) in [4.78, 5) is 0. The molecule has 0 aliphatic rings. The van der Waals surface area contributed by atoms with Gasteiger partial charge in [0.05, 0.1) is 16.7 Å². The molecule has 1 N–H and O–H groups in total. The van der Waals surface area contributed by atoms with Gasteiger partial charge in [0.25, 0.3) is 0 Å². The van der Waals surface area contributed by atoms with E-state index in [1.165, 1.54) is 0 Å². The number of hydrogen-bond donors (Lipinski definition) is 1. The zero-order valence-corrected chi connectivity index (χ0v) is 13.3. The maximum atomic E-state index is 9.31. The van der Waals surface area contributed by atoms with Crippen LogP contribution in [0.25, 0.3) is 0 Å². The molecule has 2 aromatic rings. The van der Waals surface area contributed by atoms with Gasteiger partial charge in [-0.2, -0.15) is 0 Å². The van der Waals surface area contributed by atoms with Gasteiger partial charge in [-0.3, -0.25) is 0 Å². The van der Waals surface area contributed by atoms with Crippen LogP contribution < -0.4 is 4.74 Å². The van der Waals surface area contributed by atoms with Crippen molar-refractivity contribution in [2.75, 3.05) is 0 Å². The first-order chi connectivity index (χ1) is 9.02. The first-order valence-electron chi connectivity index (χ1n) is 5.23. The quantitative estimate of drug-likeness (QED) is 0.691. The molecule has 0 spiro atoms. The van der Waals surface area contributed by atoms with Crippen molar-refractivity contribution < 1.29 is 9.84 Å². The van der Waals surface area contributed by atoms with Crippen LogP contribution in [0.5, 0.6) is 11.5 Å². The third-order valence-electron chi connectivity index (χ3n) is 2.43. The number of ether oxygens (including phenoxy) is 1. The van der Waals surface area contributed by atoms with Gasteiger partial charge in [-0.25, -0.2) is 0 Å². The molecule has 0 saturated heterocycles. The van der Waals surface area contributed by atoms with Crippen LogP contribution >= 0.6 is 50.7 Å². The van der Waals surface area contributed by atoms with Gasteiger partial charge in [0, 0.05) is 21.1 Å². The van der Waals surface area contributed by atoms with Crippen molar-refractivity contribution in [2.24, 2.45) is 0 Å². The highest BCUT2D eigenvalue weighted by Crippen LogP contribution is 2.38. The number of hydrogen-bond acceptors (Lipinski definition) is 2. The molecule has 2 rings (SSSR count). The molecule has 0 amide bonds. The Bertz CT molecular complexity index is 617. The highest BCUT2D eigenvalue weighted by Gasteiger charge is 2.12. The Kier molecular flexibility index (Phi) is 4.98. The SMILES string of the molecule is OCc1c(Cl)cccc1Oc1cc(Cl)c(Br)cc1Cl. The molecule has 2 nitrogen and oxygen atoms in total. The summed E-state index contributed by atoms with van der Waals surface area (Å²) >= 11 is 21.3. The van der Waals surface area contributed by atoms with E-state index in [2.05, 4.69) is 15.9 Å². The van der Waals surface area contributed by atoms with Crippen molar-refractivity contribution in [3.63, 3.8) is 0 Å². The fourth-order valence-corrected chi connectivity index (χ4v) is 2.55. The molecular weight excluding hydrogens is 374 g/mol. The van der Waals surface area contributed by atoms with Crippen LogP contribution in [0.15, 0.2) is 34.8 Å². The molecule has 2 aromatic carbocycles. The van der Waals surface area contributed by atoms with Crippen molar-refractivity contribution in [3.05, 3.63) is 55.4 Å². The minimum Gasteiger partial charge on any atom is -0.455 e. The van der Waals surface area contributed by atoms with Crippen LogP contribution in [0.2, 0.25) is 15.1 Å². The van der Waals surface area contributed by atoms with Crippen molar-refractivity contribution in [1.82, 2.24) is 0 Å². The normalized spacial score (nSPS) is 10.6. The molecule has 0 bridgehead atoms. The van der Waals surface area contributed by atoms with E-state index in [4.69, 9.17) is 39.5 Å². The molecule has 19 heavy (non-hydrogen) atoms. The lowest BCUT2D eigenvalue weighted by molar-refractivity contribution is 0.276. The van der Waals surface area contributed by atoms with Crippen molar-refractivity contribution >= 4 is 50.7 Å². The van der Waals surface area contributed by atoms with Gasteiger partial charge in [-0.15, -0.1) is 0 Å². The maximum Gasteiger partial charge on any atom is 0.147 e. The Morgan fingerprint density at radius 3 is 2.42 bits per heavy atom. The van der Waals surface area contributed by atoms with Crippen LogP contribution in [-0.2, 0) is 6.61 Å². The number of aliphatic hydroxyl groups is 1. The molecule has 0 fully saturated rings. The Hall–Kier alpha value is -0.450. The first kappa shape index (κ1) is 14.9. The second-order valence-electron chi connectivity index (χ2n) is 3.67. The molecule has 0 heterocycles. The van der Waals surface area contributed by atoms with E-state index < -0.39 is 0 Å². The van der Waals surface area contributed by atoms with Gasteiger partial charge >= 0.3 is 0 Å². The minimum atomic E-state index is -0.225. The highest BCUT2D eigenvalue weighted by molar-refractivity contribution is 9.10. The number of rotatable bonds is 3. The number of halogens is 4. The topological polar surface area (TPSA) is 29.5 Å². The van der Waals surface area contributed by atoms with Gasteiger partial charge in [-0.05, 0) is 34.1 Å². The highest BCUT2D eigenvalue weighted by atomic mass is 79.9. The lowest BCUT2D eigenvalue weighted by Crippen LogP contribution is -1.93. The van der Waals surface area contributed by atoms with E-state index in [0.717, 1.165) is 0 Å². The average molecular weight is 382 g/mol. The average Bonchev–Trinajstić information content (AvgIpc) is 2.36. The summed E-state index contributed by atoms with van der Waals surface area (Å²) in [6, 6.07) is 8.34. The molecule has 0 aliphatic carbocycles. The van der Waals surface area contributed by atoms with Gasteiger partial charge < -0.3 is 9.84 Å². The second-order valence-corrected chi connectivity index (χ2v) is 5.75. The van der Waals surface area contributed by atoms with E-state index in [-0.39, 0.29) is 6.61 Å². The molecule has 0 radical (unpaired) electrons.